The molecule has 22 heavy (non-hydrogen) atoms. The topological polar surface area (TPSA) is 46.2 Å². The van der Waals surface area contributed by atoms with Crippen molar-refractivity contribution < 1.29 is 8.42 Å². The van der Waals surface area contributed by atoms with E-state index in [2.05, 4.69) is 20.7 Å². The van der Waals surface area contributed by atoms with Crippen LogP contribution in [-0.2, 0) is 10.0 Å². The number of sulfonamides is 1. The van der Waals surface area contributed by atoms with Crippen molar-refractivity contribution in [3.05, 3.63) is 27.7 Å². The number of aryl methyl sites for hydroxylation is 1. The number of hydrogen-bond donors (Lipinski definition) is 1. The van der Waals surface area contributed by atoms with Gasteiger partial charge in [0, 0.05) is 10.5 Å². The minimum absolute atomic E-state index is 0.0801. The van der Waals surface area contributed by atoms with E-state index in [0.29, 0.717) is 4.90 Å². The predicted molar refractivity (Wildman–Crippen MR) is 94.8 cm³/mol. The minimum Gasteiger partial charge on any atom is -0.208 e. The van der Waals surface area contributed by atoms with Crippen LogP contribution in [0.3, 0.4) is 0 Å². The molecule has 0 radical (unpaired) electrons. The van der Waals surface area contributed by atoms with Gasteiger partial charge in [0.1, 0.15) is 0 Å². The zero-order chi connectivity index (χ0) is 16.3. The summed E-state index contributed by atoms with van der Waals surface area (Å²) in [4.78, 5) is 0.437. The molecule has 124 valence electrons. The van der Waals surface area contributed by atoms with E-state index >= 15 is 0 Å². The second-order valence-corrected chi connectivity index (χ2v) is 9.14. The van der Waals surface area contributed by atoms with Gasteiger partial charge in [0.15, 0.2) is 0 Å². The minimum atomic E-state index is -3.46. The first-order valence-corrected chi connectivity index (χ1v) is 10.4. The lowest BCUT2D eigenvalue weighted by atomic mass is 10.0. The van der Waals surface area contributed by atoms with Crippen LogP contribution in [0, 0.1) is 6.92 Å². The average molecular weight is 388 g/mol. The highest BCUT2D eigenvalue weighted by Gasteiger charge is 2.25. The monoisotopic (exact) mass is 387 g/mol. The zero-order valence-electron chi connectivity index (χ0n) is 13.7. The lowest BCUT2D eigenvalue weighted by Crippen LogP contribution is -2.35. The first-order chi connectivity index (χ1) is 10.3. The number of nitrogens with one attached hydrogen (secondary N) is 1. The average Bonchev–Trinajstić information content (AvgIpc) is 2.69. The summed E-state index contributed by atoms with van der Waals surface area (Å²) in [5.41, 5.74) is 1.82. The Morgan fingerprint density at radius 2 is 1.73 bits per heavy atom. The third-order valence-corrected chi connectivity index (χ3v) is 6.81. The van der Waals surface area contributed by atoms with Crippen molar-refractivity contribution in [3.8, 4) is 0 Å². The molecule has 0 heterocycles. The van der Waals surface area contributed by atoms with E-state index in [-0.39, 0.29) is 12.0 Å². The van der Waals surface area contributed by atoms with Crippen LogP contribution in [0.4, 0.5) is 0 Å². The molecule has 0 unspecified atom stereocenters. The van der Waals surface area contributed by atoms with Crippen LogP contribution in [0.25, 0.3) is 0 Å². The molecule has 1 aliphatic rings. The van der Waals surface area contributed by atoms with Crippen LogP contribution in [0.2, 0.25) is 0 Å². The van der Waals surface area contributed by atoms with Crippen LogP contribution in [0.1, 0.15) is 69.4 Å². The Morgan fingerprint density at radius 3 is 2.27 bits per heavy atom. The summed E-state index contributed by atoms with van der Waals surface area (Å²) in [7, 11) is -3.46. The van der Waals surface area contributed by atoms with Gasteiger partial charge in [-0.05, 0) is 48.9 Å². The van der Waals surface area contributed by atoms with E-state index in [1.165, 1.54) is 12.8 Å². The fourth-order valence-electron chi connectivity index (χ4n) is 3.03. The number of benzene rings is 1. The molecular weight excluding hydrogens is 362 g/mol. The molecule has 0 amide bonds. The predicted octanol–water partition coefficient (Wildman–Crippen LogP) is 4.88. The van der Waals surface area contributed by atoms with Gasteiger partial charge >= 0.3 is 0 Å². The van der Waals surface area contributed by atoms with E-state index in [0.717, 1.165) is 41.3 Å². The maximum atomic E-state index is 12.9. The third-order valence-electron chi connectivity index (χ3n) is 4.38. The fraction of sp³-hybridized carbons (Fsp3) is 0.647. The number of halogens is 1. The molecule has 1 aromatic rings. The van der Waals surface area contributed by atoms with Crippen molar-refractivity contribution in [3.63, 3.8) is 0 Å². The van der Waals surface area contributed by atoms with Gasteiger partial charge < -0.3 is 0 Å². The van der Waals surface area contributed by atoms with Crippen molar-refractivity contribution in [1.82, 2.24) is 4.72 Å². The summed E-state index contributed by atoms with van der Waals surface area (Å²) in [6.07, 6.45) is 6.56. The van der Waals surface area contributed by atoms with Crippen molar-refractivity contribution in [2.24, 2.45) is 0 Å². The maximum Gasteiger partial charge on any atom is 0.241 e. The van der Waals surface area contributed by atoms with E-state index in [4.69, 9.17) is 0 Å². The van der Waals surface area contributed by atoms with Gasteiger partial charge in [0.05, 0.1) is 4.90 Å². The Morgan fingerprint density at radius 1 is 1.14 bits per heavy atom. The van der Waals surface area contributed by atoms with E-state index in [9.17, 15) is 8.42 Å². The lowest BCUT2D eigenvalue weighted by molar-refractivity contribution is 0.509. The SMILES string of the molecule is Cc1cc(S(=O)(=O)NC2CCCCCC2)c(C(C)C)cc1Br. The number of hydrogen-bond acceptors (Lipinski definition) is 2. The van der Waals surface area contributed by atoms with Crippen LogP contribution >= 0.6 is 15.9 Å². The van der Waals surface area contributed by atoms with Gasteiger partial charge in [-0.3, -0.25) is 0 Å². The lowest BCUT2D eigenvalue weighted by Gasteiger charge is -2.20. The molecule has 5 heteroatoms. The quantitative estimate of drug-likeness (QED) is 0.747. The van der Waals surface area contributed by atoms with Gasteiger partial charge in [-0.1, -0.05) is 55.5 Å². The second kappa shape index (κ2) is 7.45. The van der Waals surface area contributed by atoms with Gasteiger partial charge in [-0.2, -0.15) is 0 Å². The van der Waals surface area contributed by atoms with Gasteiger partial charge in [0.2, 0.25) is 10.0 Å². The standard InChI is InChI=1S/C17H26BrNO2S/c1-12(2)15-11-16(18)13(3)10-17(15)22(20,21)19-14-8-6-4-5-7-9-14/h10-12,14,19H,4-9H2,1-3H3. The summed E-state index contributed by atoms with van der Waals surface area (Å²) in [6.45, 7) is 5.99. The molecule has 2 rings (SSSR count). The fourth-order valence-corrected chi connectivity index (χ4v) is 5.13. The van der Waals surface area contributed by atoms with E-state index < -0.39 is 10.0 Å². The van der Waals surface area contributed by atoms with Crippen LogP contribution in [0.5, 0.6) is 0 Å². The molecule has 1 N–H and O–H groups in total. The first kappa shape index (κ1) is 18.0. The largest absolute Gasteiger partial charge is 0.241 e. The Labute approximate surface area is 143 Å². The third kappa shape index (κ3) is 4.33. The summed E-state index contributed by atoms with van der Waals surface area (Å²) < 4.78 is 29.7. The smallest absolute Gasteiger partial charge is 0.208 e. The van der Waals surface area contributed by atoms with E-state index in [1.54, 1.807) is 6.07 Å². The van der Waals surface area contributed by atoms with Gasteiger partial charge in [-0.25, -0.2) is 13.1 Å². The Kier molecular flexibility index (Phi) is 6.08. The van der Waals surface area contributed by atoms with Crippen LogP contribution < -0.4 is 4.72 Å². The van der Waals surface area contributed by atoms with Crippen molar-refractivity contribution in [2.75, 3.05) is 0 Å². The Bertz CT molecular complexity index is 618. The molecule has 1 aliphatic carbocycles. The molecule has 1 saturated carbocycles. The molecular formula is C17H26BrNO2S. The molecule has 0 aliphatic heterocycles. The van der Waals surface area contributed by atoms with Crippen molar-refractivity contribution in [2.45, 2.75) is 76.2 Å². The highest BCUT2D eigenvalue weighted by Crippen LogP contribution is 2.30. The molecule has 0 bridgehead atoms. The normalized spacial score (nSPS) is 17.7. The van der Waals surface area contributed by atoms with Crippen LogP contribution in [-0.4, -0.2) is 14.5 Å². The van der Waals surface area contributed by atoms with Crippen molar-refractivity contribution >= 4 is 26.0 Å². The summed E-state index contributed by atoms with van der Waals surface area (Å²) in [5, 5.41) is 0. The second-order valence-electron chi connectivity index (χ2n) is 6.60. The summed E-state index contributed by atoms with van der Waals surface area (Å²) >= 11 is 3.51. The molecule has 3 nitrogen and oxygen atoms in total. The zero-order valence-corrected chi connectivity index (χ0v) is 16.1. The highest BCUT2D eigenvalue weighted by molar-refractivity contribution is 9.10. The Hall–Kier alpha value is -0.390. The maximum absolute atomic E-state index is 12.9. The summed E-state index contributed by atoms with van der Waals surface area (Å²) in [5.74, 6) is 0.164. The molecule has 1 aromatic carbocycles. The molecule has 0 aromatic heterocycles. The van der Waals surface area contributed by atoms with Crippen LogP contribution in [0.15, 0.2) is 21.5 Å². The van der Waals surface area contributed by atoms with Gasteiger partial charge in [0.25, 0.3) is 0 Å². The number of rotatable bonds is 4. The molecule has 0 spiro atoms. The molecule has 1 fully saturated rings. The first-order valence-electron chi connectivity index (χ1n) is 8.13. The molecule has 0 saturated heterocycles. The molecule has 0 atom stereocenters. The summed E-state index contributed by atoms with van der Waals surface area (Å²) in [6, 6.07) is 3.82. The highest BCUT2D eigenvalue weighted by atomic mass is 79.9. The van der Waals surface area contributed by atoms with E-state index in [1.807, 2.05) is 26.8 Å². The van der Waals surface area contributed by atoms with Crippen molar-refractivity contribution in [1.29, 1.82) is 0 Å². The Balaban J connectivity index is 2.33. The van der Waals surface area contributed by atoms with Gasteiger partial charge in [-0.15, -0.1) is 0 Å².